The van der Waals surface area contributed by atoms with E-state index in [4.69, 9.17) is 11.6 Å². The molecule has 4 rings (SSSR count). The molecule has 0 aliphatic carbocycles. The lowest BCUT2D eigenvalue weighted by atomic mass is 10.2. The van der Waals surface area contributed by atoms with Crippen molar-refractivity contribution in [1.29, 1.82) is 0 Å². The number of piperazine rings is 1. The zero-order chi connectivity index (χ0) is 19.1. The number of fused-ring (bicyclic) bond motifs is 1. The van der Waals surface area contributed by atoms with Crippen molar-refractivity contribution in [2.75, 3.05) is 31.1 Å². The molecule has 0 N–H and O–H groups in total. The molecule has 1 aliphatic heterocycles. The van der Waals surface area contributed by atoms with Crippen LogP contribution in [0.1, 0.15) is 41.0 Å². The standard InChI is InChI=1S/C19H22ClN5OS/c1-12(2)17-21-22-19-25(17)13(3)16(27-19)18(26)24-9-7-23(8-10-24)15-6-4-5-14(20)11-15/h4-6,11-12H,7-10H2,1-3H3. The van der Waals surface area contributed by atoms with E-state index in [0.29, 0.717) is 13.1 Å². The largest absolute Gasteiger partial charge is 0.368 e. The van der Waals surface area contributed by atoms with Crippen molar-refractivity contribution >= 4 is 39.5 Å². The highest BCUT2D eigenvalue weighted by molar-refractivity contribution is 7.19. The van der Waals surface area contributed by atoms with Gasteiger partial charge in [-0.05, 0) is 25.1 Å². The van der Waals surface area contributed by atoms with E-state index in [-0.39, 0.29) is 11.8 Å². The molecule has 142 valence electrons. The number of carbonyl (C=O) groups excluding carboxylic acids is 1. The number of thiazole rings is 1. The molecular weight excluding hydrogens is 382 g/mol. The van der Waals surface area contributed by atoms with Gasteiger partial charge in [-0.15, -0.1) is 10.2 Å². The maximum atomic E-state index is 13.1. The van der Waals surface area contributed by atoms with Gasteiger partial charge in [0.2, 0.25) is 4.96 Å². The molecular formula is C19H22ClN5OS. The highest BCUT2D eigenvalue weighted by Crippen LogP contribution is 2.28. The van der Waals surface area contributed by atoms with Crippen molar-refractivity contribution in [3.05, 3.63) is 45.7 Å². The van der Waals surface area contributed by atoms with Gasteiger partial charge in [0.25, 0.3) is 5.91 Å². The van der Waals surface area contributed by atoms with E-state index in [1.54, 1.807) is 0 Å². The summed E-state index contributed by atoms with van der Waals surface area (Å²) in [4.78, 5) is 18.9. The highest BCUT2D eigenvalue weighted by atomic mass is 35.5. The average molecular weight is 404 g/mol. The summed E-state index contributed by atoms with van der Waals surface area (Å²) < 4.78 is 2.02. The van der Waals surface area contributed by atoms with Crippen LogP contribution in [0.3, 0.4) is 0 Å². The molecule has 1 saturated heterocycles. The molecule has 1 aromatic carbocycles. The Morgan fingerprint density at radius 3 is 2.59 bits per heavy atom. The summed E-state index contributed by atoms with van der Waals surface area (Å²) in [5.41, 5.74) is 2.04. The molecule has 0 bridgehead atoms. The van der Waals surface area contributed by atoms with Crippen LogP contribution in [0, 0.1) is 6.92 Å². The summed E-state index contributed by atoms with van der Waals surface area (Å²) in [5.74, 6) is 1.25. The number of carbonyl (C=O) groups is 1. The van der Waals surface area contributed by atoms with E-state index in [1.807, 2.05) is 34.4 Å². The number of hydrogen-bond donors (Lipinski definition) is 0. The molecule has 3 aromatic rings. The number of nitrogens with zero attached hydrogens (tertiary/aromatic N) is 5. The number of anilines is 1. The molecule has 0 radical (unpaired) electrons. The second kappa shape index (κ2) is 7.13. The molecule has 0 unspecified atom stereocenters. The average Bonchev–Trinajstić information content (AvgIpc) is 3.22. The lowest BCUT2D eigenvalue weighted by Gasteiger charge is -2.36. The van der Waals surface area contributed by atoms with E-state index >= 15 is 0 Å². The van der Waals surface area contributed by atoms with Gasteiger partial charge in [0, 0.05) is 48.5 Å². The quantitative estimate of drug-likeness (QED) is 0.666. The normalized spacial score (nSPS) is 15.1. The number of benzene rings is 1. The van der Waals surface area contributed by atoms with Crippen LogP contribution in [0.15, 0.2) is 24.3 Å². The summed E-state index contributed by atoms with van der Waals surface area (Å²) >= 11 is 7.53. The van der Waals surface area contributed by atoms with Crippen LogP contribution in [0.25, 0.3) is 4.96 Å². The van der Waals surface area contributed by atoms with E-state index in [9.17, 15) is 4.79 Å². The monoisotopic (exact) mass is 403 g/mol. The van der Waals surface area contributed by atoms with Crippen molar-refractivity contribution in [3.63, 3.8) is 0 Å². The predicted octanol–water partition coefficient (Wildman–Crippen LogP) is 3.84. The minimum Gasteiger partial charge on any atom is -0.368 e. The molecule has 8 heteroatoms. The molecule has 0 atom stereocenters. The van der Waals surface area contributed by atoms with Crippen LogP contribution in [0.2, 0.25) is 5.02 Å². The topological polar surface area (TPSA) is 53.7 Å². The molecule has 3 heterocycles. The fourth-order valence-electron chi connectivity index (χ4n) is 3.49. The molecule has 27 heavy (non-hydrogen) atoms. The minimum atomic E-state index is 0.0865. The maximum Gasteiger partial charge on any atom is 0.265 e. The smallest absolute Gasteiger partial charge is 0.265 e. The minimum absolute atomic E-state index is 0.0865. The summed E-state index contributed by atoms with van der Waals surface area (Å²) in [6, 6.07) is 7.86. The Labute approximate surface area is 167 Å². The summed E-state index contributed by atoms with van der Waals surface area (Å²) in [6.45, 7) is 9.14. The van der Waals surface area contributed by atoms with Gasteiger partial charge in [-0.1, -0.05) is 42.9 Å². The van der Waals surface area contributed by atoms with Gasteiger partial charge >= 0.3 is 0 Å². The predicted molar refractivity (Wildman–Crippen MR) is 109 cm³/mol. The van der Waals surface area contributed by atoms with Crippen LogP contribution < -0.4 is 4.90 Å². The van der Waals surface area contributed by atoms with Gasteiger partial charge in [-0.2, -0.15) is 0 Å². The third kappa shape index (κ3) is 3.30. The first-order valence-corrected chi connectivity index (χ1v) is 10.3. The van der Waals surface area contributed by atoms with E-state index in [2.05, 4.69) is 35.0 Å². The van der Waals surface area contributed by atoms with E-state index in [0.717, 1.165) is 45.2 Å². The summed E-state index contributed by atoms with van der Waals surface area (Å²) in [6.07, 6.45) is 0. The van der Waals surface area contributed by atoms with Gasteiger partial charge < -0.3 is 9.80 Å². The maximum absolute atomic E-state index is 13.1. The van der Waals surface area contributed by atoms with E-state index in [1.165, 1.54) is 11.3 Å². The Bertz CT molecular complexity index is 987. The zero-order valence-corrected chi connectivity index (χ0v) is 17.2. The molecule has 1 aliphatic rings. The Morgan fingerprint density at radius 1 is 1.19 bits per heavy atom. The number of aromatic nitrogens is 3. The van der Waals surface area contributed by atoms with Crippen LogP contribution in [0.4, 0.5) is 5.69 Å². The van der Waals surface area contributed by atoms with Crippen LogP contribution >= 0.6 is 22.9 Å². The Kier molecular flexibility index (Phi) is 4.82. The fraction of sp³-hybridized carbons (Fsp3) is 0.421. The second-order valence-electron chi connectivity index (χ2n) is 7.11. The number of halogens is 1. The summed E-state index contributed by atoms with van der Waals surface area (Å²) in [5, 5.41) is 9.24. The Balaban J connectivity index is 1.51. The second-order valence-corrected chi connectivity index (χ2v) is 8.52. The van der Waals surface area contributed by atoms with Gasteiger partial charge in [0.1, 0.15) is 10.7 Å². The van der Waals surface area contributed by atoms with Gasteiger partial charge in [-0.25, -0.2) is 0 Å². The van der Waals surface area contributed by atoms with Gasteiger partial charge in [-0.3, -0.25) is 9.20 Å². The Hall–Kier alpha value is -2.12. The van der Waals surface area contributed by atoms with Crippen molar-refractivity contribution < 1.29 is 4.79 Å². The fourth-order valence-corrected chi connectivity index (χ4v) is 4.71. The molecule has 2 aromatic heterocycles. The first-order chi connectivity index (χ1) is 13.0. The van der Waals surface area contributed by atoms with Crippen molar-refractivity contribution in [2.45, 2.75) is 26.7 Å². The van der Waals surface area contributed by atoms with Crippen molar-refractivity contribution in [3.8, 4) is 0 Å². The molecule has 1 fully saturated rings. The zero-order valence-electron chi connectivity index (χ0n) is 15.6. The third-order valence-corrected chi connectivity index (χ3v) is 6.32. The van der Waals surface area contributed by atoms with Crippen molar-refractivity contribution in [2.24, 2.45) is 0 Å². The number of hydrogen-bond acceptors (Lipinski definition) is 5. The first kappa shape index (κ1) is 18.3. The highest BCUT2D eigenvalue weighted by Gasteiger charge is 2.27. The molecule has 1 amide bonds. The first-order valence-electron chi connectivity index (χ1n) is 9.10. The lowest BCUT2D eigenvalue weighted by molar-refractivity contribution is 0.0750. The van der Waals surface area contributed by atoms with Crippen LogP contribution in [0.5, 0.6) is 0 Å². The Morgan fingerprint density at radius 2 is 1.93 bits per heavy atom. The van der Waals surface area contributed by atoms with Gasteiger partial charge in [0.05, 0.1) is 0 Å². The molecule has 6 nitrogen and oxygen atoms in total. The molecule has 0 spiro atoms. The number of amides is 1. The number of rotatable bonds is 3. The third-order valence-electron chi connectivity index (χ3n) is 4.97. The molecule has 0 saturated carbocycles. The lowest BCUT2D eigenvalue weighted by Crippen LogP contribution is -2.48. The number of aryl methyl sites for hydroxylation is 1. The van der Waals surface area contributed by atoms with Gasteiger partial charge in [0.15, 0.2) is 0 Å². The van der Waals surface area contributed by atoms with Crippen LogP contribution in [-0.4, -0.2) is 51.6 Å². The SMILES string of the molecule is Cc1c(C(=O)N2CCN(c3cccc(Cl)c3)CC2)sc2nnc(C(C)C)n12. The summed E-state index contributed by atoms with van der Waals surface area (Å²) in [7, 11) is 0. The van der Waals surface area contributed by atoms with Crippen LogP contribution in [-0.2, 0) is 0 Å². The van der Waals surface area contributed by atoms with Crippen molar-refractivity contribution in [1.82, 2.24) is 19.5 Å². The van der Waals surface area contributed by atoms with E-state index < -0.39 is 0 Å².